The Morgan fingerprint density at radius 1 is 1.36 bits per heavy atom. The van der Waals surface area contributed by atoms with Crippen molar-refractivity contribution in [3.8, 4) is 0 Å². The van der Waals surface area contributed by atoms with Crippen molar-refractivity contribution in [2.75, 3.05) is 11.9 Å². The van der Waals surface area contributed by atoms with E-state index in [0.29, 0.717) is 23.0 Å². The lowest BCUT2D eigenvalue weighted by molar-refractivity contribution is 0.207. The molecule has 116 valence electrons. The first-order valence-electron chi connectivity index (χ1n) is 7.09. The maximum atomic E-state index is 13.4. The Labute approximate surface area is 126 Å². The number of aromatic nitrogens is 1. The number of fused-ring (bicyclic) bond motifs is 1. The van der Waals surface area contributed by atoms with Gasteiger partial charge in [-0.05, 0) is 13.0 Å². The molecule has 0 spiro atoms. The van der Waals surface area contributed by atoms with E-state index in [9.17, 15) is 14.0 Å². The number of anilines is 1. The highest BCUT2D eigenvalue weighted by Crippen LogP contribution is 2.27. The minimum absolute atomic E-state index is 0.0848. The summed E-state index contributed by atoms with van der Waals surface area (Å²) in [5.74, 6) is 0. The third kappa shape index (κ3) is 2.38. The molecule has 0 aliphatic carbocycles. The van der Waals surface area contributed by atoms with E-state index in [1.54, 1.807) is 24.3 Å². The van der Waals surface area contributed by atoms with Gasteiger partial charge in [-0.3, -0.25) is 4.57 Å². The lowest BCUT2D eigenvalue weighted by Crippen LogP contribution is -2.37. The average Bonchev–Trinajstić information content (AvgIpc) is 3.00. The zero-order valence-electron chi connectivity index (χ0n) is 12.1. The summed E-state index contributed by atoms with van der Waals surface area (Å²) in [7, 11) is 0. The van der Waals surface area contributed by atoms with E-state index in [-0.39, 0.29) is 18.6 Å². The van der Waals surface area contributed by atoms with Crippen molar-refractivity contribution in [3.05, 3.63) is 30.5 Å². The fourth-order valence-corrected chi connectivity index (χ4v) is 2.90. The number of benzene rings is 1. The van der Waals surface area contributed by atoms with Crippen LogP contribution >= 0.6 is 0 Å². The van der Waals surface area contributed by atoms with Gasteiger partial charge in [0.2, 0.25) is 0 Å². The molecule has 22 heavy (non-hydrogen) atoms. The number of urea groups is 1. The zero-order valence-corrected chi connectivity index (χ0v) is 12.1. The van der Waals surface area contributed by atoms with Crippen LogP contribution in [0.2, 0.25) is 0 Å². The van der Waals surface area contributed by atoms with Gasteiger partial charge in [0.05, 0.1) is 17.7 Å². The molecule has 2 heterocycles. The lowest BCUT2D eigenvalue weighted by Gasteiger charge is -2.21. The number of para-hydroxylation sites is 1. The highest BCUT2D eigenvalue weighted by Gasteiger charge is 2.32. The molecule has 3 rings (SSSR count). The summed E-state index contributed by atoms with van der Waals surface area (Å²) in [6.45, 7) is 1.90. The van der Waals surface area contributed by atoms with Gasteiger partial charge in [0.15, 0.2) is 0 Å². The number of carbonyl (C=O) groups excluding carboxylic acids is 2. The van der Waals surface area contributed by atoms with Gasteiger partial charge in [0, 0.05) is 24.0 Å². The van der Waals surface area contributed by atoms with Crippen molar-refractivity contribution in [3.63, 3.8) is 0 Å². The quantitative estimate of drug-likeness (QED) is 0.849. The molecule has 1 saturated heterocycles. The monoisotopic (exact) mass is 304 g/mol. The number of alkyl halides is 1. The Hall–Kier alpha value is -2.57. The van der Waals surface area contributed by atoms with Crippen LogP contribution in [0.15, 0.2) is 30.5 Å². The molecule has 1 aliphatic heterocycles. The van der Waals surface area contributed by atoms with Crippen LogP contribution < -0.4 is 11.1 Å². The Bertz CT molecular complexity index is 742. The number of likely N-dealkylation sites (tertiary alicyclic amines) is 1. The standard InChI is InChI=1S/C15H17FN4O2/c1-9-6-10(16)7-19(9)15(22)18-12-8-20(14(17)21)13-5-3-2-4-11(12)13/h2-5,8-10H,6-7H2,1H3,(H2,17,21)(H,18,22)/t9-,10+/m0/s1. The van der Waals surface area contributed by atoms with Gasteiger partial charge in [0.25, 0.3) is 0 Å². The van der Waals surface area contributed by atoms with Crippen LogP contribution in [0, 0.1) is 0 Å². The highest BCUT2D eigenvalue weighted by atomic mass is 19.1. The normalized spacial score (nSPS) is 21.3. The van der Waals surface area contributed by atoms with Crippen LogP contribution in [0.5, 0.6) is 0 Å². The van der Waals surface area contributed by atoms with Gasteiger partial charge in [-0.2, -0.15) is 0 Å². The number of nitrogens with two attached hydrogens (primary N) is 1. The SMILES string of the molecule is C[C@H]1C[C@@H](F)CN1C(=O)Nc1cn(C(N)=O)c2ccccc12. The molecular formula is C15H17FN4O2. The van der Waals surface area contributed by atoms with E-state index >= 15 is 0 Å². The first-order chi connectivity index (χ1) is 10.5. The van der Waals surface area contributed by atoms with Crippen LogP contribution in [0.3, 0.4) is 0 Å². The van der Waals surface area contributed by atoms with E-state index < -0.39 is 12.2 Å². The largest absolute Gasteiger partial charge is 0.351 e. The molecule has 1 aromatic carbocycles. The Morgan fingerprint density at radius 2 is 2.09 bits per heavy atom. The number of carbonyl (C=O) groups is 2. The van der Waals surface area contributed by atoms with E-state index in [2.05, 4.69) is 5.32 Å². The second-order valence-electron chi connectivity index (χ2n) is 5.53. The maximum absolute atomic E-state index is 13.4. The van der Waals surface area contributed by atoms with Crippen LogP contribution in [-0.4, -0.2) is 40.3 Å². The van der Waals surface area contributed by atoms with Crippen molar-refractivity contribution in [2.45, 2.75) is 25.6 Å². The Morgan fingerprint density at radius 3 is 2.73 bits per heavy atom. The first-order valence-corrected chi connectivity index (χ1v) is 7.09. The van der Waals surface area contributed by atoms with Crippen LogP contribution in [-0.2, 0) is 0 Å². The van der Waals surface area contributed by atoms with Crippen LogP contribution in [0.4, 0.5) is 19.7 Å². The van der Waals surface area contributed by atoms with Gasteiger partial charge in [-0.25, -0.2) is 14.0 Å². The molecule has 7 heteroatoms. The molecule has 1 aromatic heterocycles. The second-order valence-corrected chi connectivity index (χ2v) is 5.53. The molecule has 2 atom stereocenters. The molecular weight excluding hydrogens is 287 g/mol. The molecule has 2 aromatic rings. The summed E-state index contributed by atoms with van der Waals surface area (Å²) in [5, 5.41) is 3.45. The van der Waals surface area contributed by atoms with Gasteiger partial charge in [-0.1, -0.05) is 18.2 Å². The second kappa shape index (κ2) is 5.32. The smallest absolute Gasteiger partial charge is 0.323 e. The number of primary amides is 1. The van der Waals surface area contributed by atoms with Crippen molar-refractivity contribution >= 4 is 28.7 Å². The van der Waals surface area contributed by atoms with Gasteiger partial charge < -0.3 is 16.0 Å². The van der Waals surface area contributed by atoms with E-state index in [0.717, 1.165) is 0 Å². The minimum atomic E-state index is -0.993. The third-order valence-electron chi connectivity index (χ3n) is 3.98. The Balaban J connectivity index is 1.91. The van der Waals surface area contributed by atoms with Crippen molar-refractivity contribution in [2.24, 2.45) is 5.73 Å². The van der Waals surface area contributed by atoms with E-state index in [1.165, 1.54) is 15.7 Å². The van der Waals surface area contributed by atoms with E-state index in [4.69, 9.17) is 5.73 Å². The van der Waals surface area contributed by atoms with Crippen LogP contribution in [0.25, 0.3) is 10.9 Å². The predicted molar refractivity (Wildman–Crippen MR) is 81.6 cm³/mol. The summed E-state index contributed by atoms with van der Waals surface area (Å²) < 4.78 is 14.7. The first kappa shape index (κ1) is 14.4. The molecule has 0 bridgehead atoms. The number of nitrogens with zero attached hydrogens (tertiary/aromatic N) is 2. The fourth-order valence-electron chi connectivity index (χ4n) is 2.90. The fraction of sp³-hybridized carbons (Fsp3) is 0.333. The summed E-state index contributed by atoms with van der Waals surface area (Å²) in [5.41, 5.74) is 6.43. The Kier molecular flexibility index (Phi) is 3.48. The molecule has 0 radical (unpaired) electrons. The summed E-state index contributed by atoms with van der Waals surface area (Å²) in [6, 6.07) is 5.96. The van der Waals surface area contributed by atoms with Crippen molar-refractivity contribution in [1.29, 1.82) is 0 Å². The van der Waals surface area contributed by atoms with Gasteiger partial charge >= 0.3 is 12.1 Å². The number of amides is 3. The molecule has 0 saturated carbocycles. The molecule has 0 unspecified atom stereocenters. The van der Waals surface area contributed by atoms with Gasteiger partial charge in [0.1, 0.15) is 6.17 Å². The molecule has 6 nitrogen and oxygen atoms in total. The maximum Gasteiger partial charge on any atom is 0.323 e. The number of hydrogen-bond donors (Lipinski definition) is 2. The molecule has 1 aliphatic rings. The van der Waals surface area contributed by atoms with Crippen molar-refractivity contribution in [1.82, 2.24) is 9.47 Å². The highest BCUT2D eigenvalue weighted by molar-refractivity contribution is 6.04. The van der Waals surface area contributed by atoms with Gasteiger partial charge in [-0.15, -0.1) is 0 Å². The summed E-state index contributed by atoms with van der Waals surface area (Å²) >= 11 is 0. The summed E-state index contributed by atoms with van der Waals surface area (Å²) in [4.78, 5) is 25.3. The molecule has 1 fully saturated rings. The molecule has 3 amide bonds. The number of nitrogens with one attached hydrogen (secondary N) is 1. The number of halogens is 1. The molecule has 3 N–H and O–H groups in total. The summed E-state index contributed by atoms with van der Waals surface area (Å²) in [6.07, 6.45) is 0.836. The van der Waals surface area contributed by atoms with E-state index in [1.807, 2.05) is 6.92 Å². The predicted octanol–water partition coefficient (Wildman–Crippen LogP) is 2.53. The average molecular weight is 304 g/mol. The number of hydrogen-bond acceptors (Lipinski definition) is 2. The topological polar surface area (TPSA) is 80.4 Å². The minimum Gasteiger partial charge on any atom is -0.351 e. The van der Waals surface area contributed by atoms with Crippen LogP contribution in [0.1, 0.15) is 13.3 Å². The van der Waals surface area contributed by atoms with Crippen molar-refractivity contribution < 1.29 is 14.0 Å². The zero-order chi connectivity index (χ0) is 15.9. The third-order valence-corrected chi connectivity index (χ3v) is 3.98. The lowest BCUT2D eigenvalue weighted by atomic mass is 10.2. The number of rotatable bonds is 1.